The molecule has 0 bridgehead atoms. The summed E-state index contributed by atoms with van der Waals surface area (Å²) in [6.07, 6.45) is 0. The SMILES string of the molecule is COc1cc(N(C)OC)c(C)cc1N. The first-order valence-electron chi connectivity index (χ1n) is 4.32. The molecule has 78 valence electrons. The summed E-state index contributed by atoms with van der Waals surface area (Å²) in [4.78, 5) is 5.09. The Labute approximate surface area is 84.2 Å². The minimum atomic E-state index is 0.637. The molecule has 0 saturated carbocycles. The van der Waals surface area contributed by atoms with E-state index in [9.17, 15) is 0 Å². The van der Waals surface area contributed by atoms with Gasteiger partial charge in [0.2, 0.25) is 0 Å². The van der Waals surface area contributed by atoms with Crippen LogP contribution >= 0.6 is 0 Å². The van der Waals surface area contributed by atoms with E-state index >= 15 is 0 Å². The van der Waals surface area contributed by atoms with Crippen LogP contribution in [0.1, 0.15) is 5.56 Å². The number of methoxy groups -OCH3 is 1. The van der Waals surface area contributed by atoms with Crippen molar-refractivity contribution in [2.45, 2.75) is 6.92 Å². The van der Waals surface area contributed by atoms with Crippen LogP contribution in [-0.2, 0) is 4.84 Å². The molecule has 4 nitrogen and oxygen atoms in total. The highest BCUT2D eigenvalue weighted by molar-refractivity contribution is 5.65. The molecule has 0 heterocycles. The predicted molar refractivity (Wildman–Crippen MR) is 57.6 cm³/mol. The molecule has 0 aliphatic rings. The Bertz CT molecular complexity index is 326. The minimum absolute atomic E-state index is 0.637. The van der Waals surface area contributed by atoms with Crippen molar-refractivity contribution in [1.82, 2.24) is 0 Å². The lowest BCUT2D eigenvalue weighted by Gasteiger charge is -2.19. The first-order valence-corrected chi connectivity index (χ1v) is 4.32. The Morgan fingerprint density at radius 1 is 1.29 bits per heavy atom. The maximum Gasteiger partial charge on any atom is 0.143 e. The molecular weight excluding hydrogens is 180 g/mol. The summed E-state index contributed by atoms with van der Waals surface area (Å²) < 4.78 is 5.13. The average molecular weight is 196 g/mol. The van der Waals surface area contributed by atoms with Crippen LogP contribution in [0.4, 0.5) is 11.4 Å². The van der Waals surface area contributed by atoms with Crippen LogP contribution in [0, 0.1) is 6.92 Å². The lowest BCUT2D eigenvalue weighted by molar-refractivity contribution is 0.184. The zero-order valence-corrected chi connectivity index (χ0v) is 9.00. The summed E-state index contributed by atoms with van der Waals surface area (Å²) in [5.41, 5.74) is 8.39. The van der Waals surface area contributed by atoms with E-state index in [2.05, 4.69) is 0 Å². The second kappa shape index (κ2) is 4.19. The number of ether oxygens (including phenoxy) is 1. The van der Waals surface area contributed by atoms with E-state index in [0.717, 1.165) is 11.3 Å². The Balaban J connectivity index is 3.17. The molecule has 1 aromatic carbocycles. The smallest absolute Gasteiger partial charge is 0.143 e. The van der Waals surface area contributed by atoms with Gasteiger partial charge in [-0.3, -0.25) is 9.90 Å². The Hall–Kier alpha value is -1.42. The molecule has 0 atom stereocenters. The summed E-state index contributed by atoms with van der Waals surface area (Å²) in [7, 11) is 5.04. The molecule has 0 saturated heterocycles. The van der Waals surface area contributed by atoms with Crippen molar-refractivity contribution in [1.29, 1.82) is 0 Å². The van der Waals surface area contributed by atoms with Crippen LogP contribution in [0.15, 0.2) is 12.1 Å². The normalized spacial score (nSPS) is 10.0. The predicted octanol–water partition coefficient (Wildman–Crippen LogP) is 1.58. The molecule has 14 heavy (non-hydrogen) atoms. The van der Waals surface area contributed by atoms with Crippen molar-refractivity contribution in [2.75, 3.05) is 32.1 Å². The molecule has 0 aliphatic carbocycles. The van der Waals surface area contributed by atoms with E-state index in [1.165, 1.54) is 0 Å². The third kappa shape index (κ3) is 1.90. The highest BCUT2D eigenvalue weighted by atomic mass is 16.7. The van der Waals surface area contributed by atoms with Crippen LogP contribution in [0.25, 0.3) is 0 Å². The fourth-order valence-electron chi connectivity index (χ4n) is 1.31. The average Bonchev–Trinajstić information content (AvgIpc) is 2.17. The molecule has 2 N–H and O–H groups in total. The largest absolute Gasteiger partial charge is 0.495 e. The van der Waals surface area contributed by atoms with Gasteiger partial charge in [-0.25, -0.2) is 0 Å². The molecule has 1 aromatic rings. The van der Waals surface area contributed by atoms with Gasteiger partial charge in [-0.2, -0.15) is 0 Å². The molecule has 4 heteroatoms. The third-order valence-corrected chi connectivity index (χ3v) is 2.16. The van der Waals surface area contributed by atoms with Crippen LogP contribution in [0.2, 0.25) is 0 Å². The molecule has 0 unspecified atom stereocenters. The second-order valence-corrected chi connectivity index (χ2v) is 3.06. The van der Waals surface area contributed by atoms with Crippen molar-refractivity contribution in [2.24, 2.45) is 0 Å². The second-order valence-electron chi connectivity index (χ2n) is 3.06. The first-order chi connectivity index (χ1) is 6.60. The van der Waals surface area contributed by atoms with E-state index < -0.39 is 0 Å². The molecule has 0 aliphatic heterocycles. The van der Waals surface area contributed by atoms with Gasteiger partial charge in [0.1, 0.15) is 5.75 Å². The van der Waals surface area contributed by atoms with E-state index in [-0.39, 0.29) is 0 Å². The number of nitrogen functional groups attached to an aromatic ring is 1. The van der Waals surface area contributed by atoms with Gasteiger partial charge in [-0.15, -0.1) is 0 Å². The van der Waals surface area contributed by atoms with E-state index in [4.69, 9.17) is 15.3 Å². The molecule has 0 fully saturated rings. The monoisotopic (exact) mass is 196 g/mol. The van der Waals surface area contributed by atoms with Gasteiger partial charge in [0, 0.05) is 13.1 Å². The fourth-order valence-corrected chi connectivity index (χ4v) is 1.31. The number of aryl methyl sites for hydroxylation is 1. The summed E-state index contributed by atoms with van der Waals surface area (Å²) in [6.45, 7) is 1.97. The highest BCUT2D eigenvalue weighted by Gasteiger charge is 2.08. The van der Waals surface area contributed by atoms with Gasteiger partial charge in [-0.1, -0.05) is 0 Å². The lowest BCUT2D eigenvalue weighted by Crippen LogP contribution is -2.16. The first kappa shape index (κ1) is 10.7. The summed E-state index contributed by atoms with van der Waals surface area (Å²) in [5.74, 6) is 0.662. The molecule has 0 amide bonds. The Kier molecular flexibility index (Phi) is 3.19. The Morgan fingerprint density at radius 2 is 1.93 bits per heavy atom. The van der Waals surface area contributed by atoms with Crippen LogP contribution in [0.5, 0.6) is 5.75 Å². The van der Waals surface area contributed by atoms with Crippen molar-refractivity contribution >= 4 is 11.4 Å². The highest BCUT2D eigenvalue weighted by Crippen LogP contribution is 2.30. The summed E-state index contributed by atoms with van der Waals surface area (Å²) >= 11 is 0. The number of rotatable bonds is 3. The maximum atomic E-state index is 5.76. The van der Waals surface area contributed by atoms with E-state index in [0.29, 0.717) is 11.4 Å². The molecule has 0 radical (unpaired) electrons. The summed E-state index contributed by atoms with van der Waals surface area (Å²) in [6, 6.07) is 3.72. The zero-order valence-electron chi connectivity index (χ0n) is 9.00. The lowest BCUT2D eigenvalue weighted by atomic mass is 10.1. The van der Waals surface area contributed by atoms with Crippen LogP contribution in [0.3, 0.4) is 0 Å². The van der Waals surface area contributed by atoms with Crippen molar-refractivity contribution in [3.63, 3.8) is 0 Å². The van der Waals surface area contributed by atoms with Gasteiger partial charge >= 0.3 is 0 Å². The van der Waals surface area contributed by atoms with Gasteiger partial charge in [0.25, 0.3) is 0 Å². The van der Waals surface area contributed by atoms with E-state index in [1.54, 1.807) is 19.3 Å². The van der Waals surface area contributed by atoms with Gasteiger partial charge in [-0.05, 0) is 18.6 Å². The fraction of sp³-hybridized carbons (Fsp3) is 0.400. The zero-order chi connectivity index (χ0) is 10.7. The third-order valence-electron chi connectivity index (χ3n) is 2.16. The number of hydrogen-bond donors (Lipinski definition) is 1. The maximum absolute atomic E-state index is 5.76. The standard InChI is InChI=1S/C10H16N2O2/c1-7-5-8(11)10(13-3)6-9(7)12(2)14-4/h5-6H,11H2,1-4H3. The quantitative estimate of drug-likeness (QED) is 0.589. The van der Waals surface area contributed by atoms with Crippen LogP contribution in [-0.4, -0.2) is 21.3 Å². The van der Waals surface area contributed by atoms with Crippen molar-refractivity contribution in [3.8, 4) is 5.75 Å². The minimum Gasteiger partial charge on any atom is -0.495 e. The van der Waals surface area contributed by atoms with Gasteiger partial charge in [0.15, 0.2) is 0 Å². The van der Waals surface area contributed by atoms with Crippen LogP contribution < -0.4 is 15.5 Å². The topological polar surface area (TPSA) is 47.7 Å². The van der Waals surface area contributed by atoms with Gasteiger partial charge in [0.05, 0.1) is 25.6 Å². The number of nitrogens with two attached hydrogens (primary N) is 1. The number of anilines is 2. The van der Waals surface area contributed by atoms with Gasteiger partial charge < -0.3 is 10.5 Å². The number of hydroxylamine groups is 1. The Morgan fingerprint density at radius 3 is 2.43 bits per heavy atom. The molecular formula is C10H16N2O2. The molecule has 0 aromatic heterocycles. The number of benzene rings is 1. The molecule has 1 rings (SSSR count). The van der Waals surface area contributed by atoms with E-state index in [1.807, 2.05) is 26.1 Å². The van der Waals surface area contributed by atoms with Crippen molar-refractivity contribution in [3.05, 3.63) is 17.7 Å². The van der Waals surface area contributed by atoms with Crippen molar-refractivity contribution < 1.29 is 9.57 Å². The number of hydrogen-bond acceptors (Lipinski definition) is 4. The number of nitrogens with zero attached hydrogens (tertiary/aromatic N) is 1. The molecule has 0 spiro atoms. The summed E-state index contributed by atoms with van der Waals surface area (Å²) in [5, 5.41) is 1.66.